The summed E-state index contributed by atoms with van der Waals surface area (Å²) in [4.78, 5) is 11.8. The van der Waals surface area contributed by atoms with Gasteiger partial charge in [-0.1, -0.05) is 35.9 Å². The summed E-state index contributed by atoms with van der Waals surface area (Å²) in [6, 6.07) is 13.7. The van der Waals surface area contributed by atoms with Crippen LogP contribution < -0.4 is 10.0 Å². The van der Waals surface area contributed by atoms with Crippen molar-refractivity contribution in [2.45, 2.75) is 24.7 Å². The summed E-state index contributed by atoms with van der Waals surface area (Å²) in [7, 11) is -3.63. The summed E-state index contributed by atoms with van der Waals surface area (Å²) in [6.45, 7) is 5.92. The lowest BCUT2D eigenvalue weighted by atomic mass is 10.1. The van der Waals surface area contributed by atoms with Gasteiger partial charge in [0.25, 0.3) is 10.0 Å². The summed E-state index contributed by atoms with van der Waals surface area (Å²) >= 11 is 0. The molecule has 0 spiro atoms. The molecule has 2 rings (SSSR count). The van der Waals surface area contributed by atoms with E-state index in [2.05, 4.69) is 16.6 Å². The fourth-order valence-corrected chi connectivity index (χ4v) is 3.26. The van der Waals surface area contributed by atoms with Crippen LogP contribution in [0.3, 0.4) is 0 Å². The molecule has 0 fully saturated rings. The zero-order valence-corrected chi connectivity index (χ0v) is 15.0. The van der Waals surface area contributed by atoms with Crippen molar-refractivity contribution in [3.05, 3.63) is 72.3 Å². The van der Waals surface area contributed by atoms with Crippen LogP contribution in [0, 0.1) is 6.92 Å². The van der Waals surface area contributed by atoms with Crippen molar-refractivity contribution in [2.24, 2.45) is 0 Å². The van der Waals surface area contributed by atoms with Gasteiger partial charge < -0.3 is 5.32 Å². The Balaban J connectivity index is 1.99. The van der Waals surface area contributed by atoms with E-state index < -0.39 is 10.0 Å². The molecule has 5 nitrogen and oxygen atoms in total. The maximum absolute atomic E-state index is 12.4. The molecule has 0 aliphatic rings. The van der Waals surface area contributed by atoms with Gasteiger partial charge in [0.05, 0.1) is 4.90 Å². The van der Waals surface area contributed by atoms with E-state index in [9.17, 15) is 13.2 Å². The molecule has 2 aromatic rings. The maximum atomic E-state index is 12.4. The molecule has 0 aliphatic heterocycles. The standard InChI is InChI=1S/C19H22N2O3S/c1-3-14-20-19(22)13-8-16-6-11-18(12-7-16)25(23,24)21-17-9-4-15(2)5-10-17/h3-7,9-12,21H,1,8,13-14H2,2H3,(H,20,22). The molecule has 2 N–H and O–H groups in total. The van der Waals surface area contributed by atoms with Gasteiger partial charge in [-0.3, -0.25) is 9.52 Å². The second-order valence-corrected chi connectivity index (χ2v) is 7.39. The third kappa shape index (κ3) is 5.76. The Bertz CT molecular complexity index is 826. The molecule has 132 valence electrons. The van der Waals surface area contributed by atoms with Gasteiger partial charge in [0.2, 0.25) is 5.91 Å². The zero-order valence-electron chi connectivity index (χ0n) is 14.2. The molecule has 25 heavy (non-hydrogen) atoms. The number of amides is 1. The van der Waals surface area contributed by atoms with E-state index in [-0.39, 0.29) is 10.8 Å². The molecule has 0 unspecified atom stereocenters. The number of aryl methyl sites for hydroxylation is 2. The minimum Gasteiger partial charge on any atom is -0.353 e. The Hall–Kier alpha value is -2.60. The van der Waals surface area contributed by atoms with Gasteiger partial charge in [-0.25, -0.2) is 8.42 Å². The summed E-state index contributed by atoms with van der Waals surface area (Å²) in [6.07, 6.45) is 2.52. The fourth-order valence-electron chi connectivity index (χ4n) is 2.20. The second kappa shape index (κ2) is 8.48. The van der Waals surface area contributed by atoms with Crippen molar-refractivity contribution < 1.29 is 13.2 Å². The predicted octanol–water partition coefficient (Wildman–Crippen LogP) is 3.03. The number of carbonyl (C=O) groups excluding carboxylic acids is 1. The normalized spacial score (nSPS) is 10.9. The molecule has 1 amide bonds. The number of sulfonamides is 1. The van der Waals surface area contributed by atoms with E-state index in [0.717, 1.165) is 11.1 Å². The lowest BCUT2D eigenvalue weighted by Crippen LogP contribution is -2.23. The summed E-state index contributed by atoms with van der Waals surface area (Å²) in [5, 5.41) is 2.71. The van der Waals surface area contributed by atoms with Crippen molar-refractivity contribution in [1.29, 1.82) is 0 Å². The van der Waals surface area contributed by atoms with E-state index >= 15 is 0 Å². The summed E-state index contributed by atoms with van der Waals surface area (Å²) in [5.41, 5.74) is 2.49. The van der Waals surface area contributed by atoms with Gasteiger partial charge >= 0.3 is 0 Å². The van der Waals surface area contributed by atoms with Crippen LogP contribution in [0.5, 0.6) is 0 Å². The Kier molecular flexibility index (Phi) is 6.36. The number of rotatable bonds is 8. The molecule has 0 atom stereocenters. The lowest BCUT2D eigenvalue weighted by Gasteiger charge is -2.09. The van der Waals surface area contributed by atoms with E-state index in [4.69, 9.17) is 0 Å². The Morgan fingerprint density at radius 3 is 2.32 bits per heavy atom. The predicted molar refractivity (Wildman–Crippen MR) is 100.0 cm³/mol. The first kappa shape index (κ1) is 18.7. The number of anilines is 1. The zero-order chi connectivity index (χ0) is 18.3. The quantitative estimate of drug-likeness (QED) is 0.712. The average molecular weight is 358 g/mol. The first-order chi connectivity index (χ1) is 11.9. The van der Waals surface area contributed by atoms with Crippen LogP contribution in [0.1, 0.15) is 17.5 Å². The van der Waals surface area contributed by atoms with Crippen LogP contribution in [0.2, 0.25) is 0 Å². The van der Waals surface area contributed by atoms with Gasteiger partial charge in [-0.15, -0.1) is 6.58 Å². The molecule has 0 heterocycles. The minimum absolute atomic E-state index is 0.0577. The summed E-state index contributed by atoms with van der Waals surface area (Å²) < 4.78 is 27.3. The third-order valence-corrected chi connectivity index (χ3v) is 5.02. The van der Waals surface area contributed by atoms with Crippen LogP contribution in [-0.4, -0.2) is 20.9 Å². The topological polar surface area (TPSA) is 75.3 Å². The Morgan fingerprint density at radius 1 is 1.08 bits per heavy atom. The van der Waals surface area contributed by atoms with Gasteiger partial charge in [0, 0.05) is 18.7 Å². The van der Waals surface area contributed by atoms with Crippen LogP contribution in [0.25, 0.3) is 0 Å². The van der Waals surface area contributed by atoms with Gasteiger partial charge in [-0.05, 0) is 43.2 Å². The molecule has 0 saturated carbocycles. The van der Waals surface area contributed by atoms with Gasteiger partial charge in [0.15, 0.2) is 0 Å². The molecule has 0 aliphatic carbocycles. The average Bonchev–Trinajstić information content (AvgIpc) is 2.60. The molecular formula is C19H22N2O3S. The second-order valence-electron chi connectivity index (χ2n) is 5.71. The first-order valence-corrected chi connectivity index (χ1v) is 9.45. The summed E-state index contributed by atoms with van der Waals surface area (Å²) in [5.74, 6) is -0.0577. The van der Waals surface area contributed by atoms with E-state index in [1.165, 1.54) is 0 Å². The Morgan fingerprint density at radius 2 is 1.72 bits per heavy atom. The van der Waals surface area contributed by atoms with Crippen LogP contribution in [0.15, 0.2) is 66.1 Å². The molecule has 0 bridgehead atoms. The fraction of sp³-hybridized carbons (Fsp3) is 0.211. The van der Waals surface area contributed by atoms with Crippen molar-refractivity contribution in [1.82, 2.24) is 5.32 Å². The molecule has 0 radical (unpaired) electrons. The highest BCUT2D eigenvalue weighted by Gasteiger charge is 2.14. The number of hydrogen-bond acceptors (Lipinski definition) is 3. The maximum Gasteiger partial charge on any atom is 0.261 e. The van der Waals surface area contributed by atoms with Crippen LogP contribution in [0.4, 0.5) is 5.69 Å². The Labute approximate surface area is 148 Å². The number of carbonyl (C=O) groups is 1. The van der Waals surface area contributed by atoms with E-state index in [1.807, 2.05) is 19.1 Å². The number of nitrogens with one attached hydrogen (secondary N) is 2. The SMILES string of the molecule is C=CCNC(=O)CCc1ccc(S(=O)(=O)Nc2ccc(C)cc2)cc1. The van der Waals surface area contributed by atoms with Crippen molar-refractivity contribution in [3.8, 4) is 0 Å². The largest absolute Gasteiger partial charge is 0.353 e. The molecule has 0 saturated heterocycles. The molecule has 0 aromatic heterocycles. The molecule has 2 aromatic carbocycles. The van der Waals surface area contributed by atoms with E-state index in [0.29, 0.717) is 25.1 Å². The number of benzene rings is 2. The van der Waals surface area contributed by atoms with Crippen molar-refractivity contribution in [3.63, 3.8) is 0 Å². The van der Waals surface area contributed by atoms with Crippen LogP contribution in [-0.2, 0) is 21.2 Å². The monoisotopic (exact) mass is 358 g/mol. The van der Waals surface area contributed by atoms with Gasteiger partial charge in [-0.2, -0.15) is 0 Å². The van der Waals surface area contributed by atoms with E-state index in [1.54, 1.807) is 42.5 Å². The lowest BCUT2D eigenvalue weighted by molar-refractivity contribution is -0.120. The van der Waals surface area contributed by atoms with Crippen molar-refractivity contribution in [2.75, 3.05) is 11.3 Å². The highest BCUT2D eigenvalue weighted by Crippen LogP contribution is 2.17. The third-order valence-electron chi connectivity index (χ3n) is 3.62. The molecular weight excluding hydrogens is 336 g/mol. The number of hydrogen-bond donors (Lipinski definition) is 2. The smallest absolute Gasteiger partial charge is 0.261 e. The van der Waals surface area contributed by atoms with Crippen molar-refractivity contribution >= 4 is 21.6 Å². The van der Waals surface area contributed by atoms with Crippen LogP contribution >= 0.6 is 0 Å². The molecule has 6 heteroatoms. The highest BCUT2D eigenvalue weighted by atomic mass is 32.2. The van der Waals surface area contributed by atoms with Gasteiger partial charge in [0.1, 0.15) is 0 Å². The first-order valence-electron chi connectivity index (χ1n) is 7.97. The highest BCUT2D eigenvalue weighted by molar-refractivity contribution is 7.92. The minimum atomic E-state index is -3.63.